The molecule has 120 valence electrons. The van der Waals surface area contributed by atoms with Crippen LogP contribution in [0, 0.1) is 5.92 Å². The van der Waals surface area contributed by atoms with Crippen molar-refractivity contribution in [1.29, 1.82) is 0 Å². The summed E-state index contributed by atoms with van der Waals surface area (Å²) < 4.78 is 4.96. The summed E-state index contributed by atoms with van der Waals surface area (Å²) in [6.07, 6.45) is 1.57. The van der Waals surface area contributed by atoms with E-state index in [1.165, 1.54) is 4.90 Å². The Kier molecular flexibility index (Phi) is 7.14. The van der Waals surface area contributed by atoms with E-state index in [1.54, 1.807) is 6.92 Å². The van der Waals surface area contributed by atoms with Gasteiger partial charge in [0.05, 0.1) is 25.2 Å². The van der Waals surface area contributed by atoms with Gasteiger partial charge in [0.15, 0.2) is 0 Å². The molecule has 1 unspecified atom stereocenters. The molecule has 1 aliphatic heterocycles. The monoisotopic (exact) mass is 300 g/mol. The molecule has 0 radical (unpaired) electrons. The number of likely N-dealkylation sites (tertiary alicyclic amines) is 1. The molecule has 0 saturated carbocycles. The molecule has 0 aromatic rings. The predicted molar refractivity (Wildman–Crippen MR) is 75.2 cm³/mol. The van der Waals surface area contributed by atoms with Gasteiger partial charge >= 0.3 is 17.8 Å². The lowest BCUT2D eigenvalue weighted by Crippen LogP contribution is -2.50. The number of rotatable bonds is 5. The van der Waals surface area contributed by atoms with E-state index in [0.717, 1.165) is 0 Å². The van der Waals surface area contributed by atoms with E-state index in [2.05, 4.69) is 5.32 Å². The number of piperidine rings is 1. The smallest absolute Gasteiger partial charge is 0.311 e. The number of hydrogen-bond donors (Lipinski definition) is 2. The average Bonchev–Trinajstić information content (AvgIpc) is 2.52. The topological polar surface area (TPSA) is 95.9 Å². The Morgan fingerprint density at radius 1 is 1.29 bits per heavy atom. The lowest BCUT2D eigenvalue weighted by atomic mass is 9.97. The largest absolute Gasteiger partial charge is 0.466 e. The van der Waals surface area contributed by atoms with Crippen molar-refractivity contribution >= 4 is 17.8 Å². The summed E-state index contributed by atoms with van der Waals surface area (Å²) in [7, 11) is 0. The van der Waals surface area contributed by atoms with E-state index < -0.39 is 17.9 Å². The highest BCUT2D eigenvalue weighted by atomic mass is 16.5. The maximum atomic E-state index is 12.0. The fraction of sp³-hybridized carbons (Fsp3) is 0.786. The first-order valence-corrected chi connectivity index (χ1v) is 7.40. The van der Waals surface area contributed by atoms with Crippen molar-refractivity contribution in [3.8, 4) is 0 Å². The molecule has 1 saturated heterocycles. The number of nitrogens with zero attached hydrogens (tertiary/aromatic N) is 1. The predicted octanol–water partition coefficient (Wildman–Crippen LogP) is -0.325. The van der Waals surface area contributed by atoms with Crippen molar-refractivity contribution in [2.75, 3.05) is 26.3 Å². The Hall–Kier alpha value is -1.63. The van der Waals surface area contributed by atoms with Gasteiger partial charge in [0.2, 0.25) is 0 Å². The molecule has 0 spiro atoms. The molecule has 2 amide bonds. The number of aliphatic hydroxyl groups is 1. The molecule has 1 fully saturated rings. The van der Waals surface area contributed by atoms with Gasteiger partial charge in [-0.15, -0.1) is 0 Å². The second kappa shape index (κ2) is 8.61. The third-order valence-corrected chi connectivity index (χ3v) is 3.64. The highest BCUT2D eigenvalue weighted by Crippen LogP contribution is 2.18. The summed E-state index contributed by atoms with van der Waals surface area (Å²) in [5.74, 6) is -1.74. The third-order valence-electron chi connectivity index (χ3n) is 3.64. The summed E-state index contributed by atoms with van der Waals surface area (Å²) in [4.78, 5) is 36.8. The van der Waals surface area contributed by atoms with E-state index in [0.29, 0.717) is 39.0 Å². The number of hydrogen-bond acceptors (Lipinski definition) is 5. The van der Waals surface area contributed by atoms with Crippen LogP contribution < -0.4 is 5.32 Å². The van der Waals surface area contributed by atoms with Crippen LogP contribution in [0.5, 0.6) is 0 Å². The van der Waals surface area contributed by atoms with Crippen LogP contribution in [0.4, 0.5) is 0 Å². The Morgan fingerprint density at radius 3 is 2.38 bits per heavy atom. The zero-order valence-electron chi connectivity index (χ0n) is 12.6. The second-order valence-corrected chi connectivity index (χ2v) is 5.08. The SMILES string of the molecule is CCOC(=O)C1CCN(C(=O)C(=O)NC(CC)CO)CC1. The number of aliphatic hydroxyl groups excluding tert-OH is 1. The zero-order chi connectivity index (χ0) is 15.8. The molecular formula is C14H24N2O5. The molecule has 0 aromatic heterocycles. The van der Waals surface area contributed by atoms with Crippen LogP contribution in [0.3, 0.4) is 0 Å². The zero-order valence-corrected chi connectivity index (χ0v) is 12.6. The van der Waals surface area contributed by atoms with Gasteiger partial charge in [-0.05, 0) is 26.2 Å². The standard InChI is InChI=1S/C14H24N2O5/c1-3-11(9-17)15-12(18)13(19)16-7-5-10(6-8-16)14(20)21-4-2/h10-11,17H,3-9H2,1-2H3,(H,15,18). The van der Waals surface area contributed by atoms with Gasteiger partial charge in [-0.3, -0.25) is 14.4 Å². The molecule has 0 aromatic carbocycles. The van der Waals surface area contributed by atoms with Crippen LogP contribution in [0.2, 0.25) is 0 Å². The minimum atomic E-state index is -0.703. The molecule has 2 N–H and O–H groups in total. The van der Waals surface area contributed by atoms with Crippen molar-refractivity contribution < 1.29 is 24.2 Å². The van der Waals surface area contributed by atoms with Gasteiger partial charge in [-0.25, -0.2) is 0 Å². The van der Waals surface area contributed by atoms with Crippen LogP contribution in [-0.2, 0) is 19.1 Å². The van der Waals surface area contributed by atoms with Crippen LogP contribution in [-0.4, -0.2) is 60.1 Å². The highest BCUT2D eigenvalue weighted by molar-refractivity contribution is 6.35. The molecule has 0 bridgehead atoms. The van der Waals surface area contributed by atoms with Crippen molar-refractivity contribution in [3.05, 3.63) is 0 Å². The first-order valence-electron chi connectivity index (χ1n) is 7.40. The van der Waals surface area contributed by atoms with Gasteiger partial charge in [-0.2, -0.15) is 0 Å². The van der Waals surface area contributed by atoms with Crippen LogP contribution in [0.1, 0.15) is 33.1 Å². The molecule has 1 rings (SSSR count). The van der Waals surface area contributed by atoms with Crippen molar-refractivity contribution in [3.63, 3.8) is 0 Å². The van der Waals surface area contributed by atoms with E-state index in [-0.39, 0.29) is 18.5 Å². The Balaban J connectivity index is 2.44. The van der Waals surface area contributed by atoms with Crippen LogP contribution >= 0.6 is 0 Å². The molecule has 7 heteroatoms. The molecule has 1 atom stereocenters. The van der Waals surface area contributed by atoms with Crippen molar-refractivity contribution in [1.82, 2.24) is 10.2 Å². The van der Waals surface area contributed by atoms with E-state index >= 15 is 0 Å². The molecule has 7 nitrogen and oxygen atoms in total. The number of esters is 1. The summed E-state index contributed by atoms with van der Waals surface area (Å²) in [5, 5.41) is 11.5. The summed E-state index contributed by atoms with van der Waals surface area (Å²) in [5.41, 5.74) is 0. The second-order valence-electron chi connectivity index (χ2n) is 5.08. The quantitative estimate of drug-likeness (QED) is 0.535. The Labute approximate surface area is 124 Å². The summed E-state index contributed by atoms with van der Waals surface area (Å²) in [6, 6.07) is -0.404. The molecule has 1 heterocycles. The summed E-state index contributed by atoms with van der Waals surface area (Å²) in [6.45, 7) is 4.46. The van der Waals surface area contributed by atoms with Crippen LogP contribution in [0.25, 0.3) is 0 Å². The van der Waals surface area contributed by atoms with Gasteiger partial charge < -0.3 is 20.1 Å². The number of nitrogens with one attached hydrogen (secondary N) is 1. The molecular weight excluding hydrogens is 276 g/mol. The molecule has 0 aliphatic carbocycles. The summed E-state index contributed by atoms with van der Waals surface area (Å²) >= 11 is 0. The minimum Gasteiger partial charge on any atom is -0.466 e. The van der Waals surface area contributed by atoms with E-state index in [4.69, 9.17) is 9.84 Å². The Bertz CT molecular complexity index is 374. The minimum absolute atomic E-state index is 0.194. The maximum Gasteiger partial charge on any atom is 0.311 e. The van der Waals surface area contributed by atoms with E-state index in [1.807, 2.05) is 6.92 Å². The lowest BCUT2D eigenvalue weighted by Gasteiger charge is -2.30. The first kappa shape index (κ1) is 17.4. The van der Waals surface area contributed by atoms with Crippen LogP contribution in [0.15, 0.2) is 0 Å². The van der Waals surface area contributed by atoms with Gasteiger partial charge in [0, 0.05) is 13.1 Å². The number of carbonyl (C=O) groups is 3. The van der Waals surface area contributed by atoms with Crippen molar-refractivity contribution in [2.45, 2.75) is 39.2 Å². The number of ether oxygens (including phenoxy) is 1. The fourth-order valence-corrected chi connectivity index (χ4v) is 2.25. The van der Waals surface area contributed by atoms with Gasteiger partial charge in [-0.1, -0.05) is 6.92 Å². The van der Waals surface area contributed by atoms with Gasteiger partial charge in [0.25, 0.3) is 0 Å². The molecule has 1 aliphatic rings. The molecule has 21 heavy (non-hydrogen) atoms. The highest BCUT2D eigenvalue weighted by Gasteiger charge is 2.31. The maximum absolute atomic E-state index is 12.0. The fourth-order valence-electron chi connectivity index (χ4n) is 2.25. The lowest BCUT2D eigenvalue weighted by molar-refractivity contribution is -0.153. The third kappa shape index (κ3) is 5.00. The number of amides is 2. The number of carbonyl (C=O) groups excluding carboxylic acids is 3. The first-order chi connectivity index (χ1) is 10.0. The van der Waals surface area contributed by atoms with Gasteiger partial charge in [0.1, 0.15) is 0 Å². The van der Waals surface area contributed by atoms with E-state index in [9.17, 15) is 14.4 Å². The van der Waals surface area contributed by atoms with Crippen molar-refractivity contribution in [2.24, 2.45) is 5.92 Å². The normalized spacial score (nSPS) is 17.2. The Morgan fingerprint density at radius 2 is 1.90 bits per heavy atom. The average molecular weight is 300 g/mol.